The van der Waals surface area contributed by atoms with E-state index in [1.54, 1.807) is 16.5 Å². The molecule has 1 saturated carbocycles. The van der Waals surface area contributed by atoms with Crippen LogP contribution >= 0.6 is 0 Å². The summed E-state index contributed by atoms with van der Waals surface area (Å²) in [7, 11) is 3.06. The number of benzene rings is 1. The fraction of sp³-hybridized carbons (Fsp3) is 0.565. The van der Waals surface area contributed by atoms with Crippen LogP contribution in [0.4, 0.5) is 10.1 Å². The number of rotatable bonds is 9. The van der Waals surface area contributed by atoms with E-state index >= 15 is 4.39 Å². The van der Waals surface area contributed by atoms with E-state index in [1.807, 2.05) is 13.8 Å². The Labute approximate surface area is 186 Å². The number of aliphatic hydroxyl groups is 2. The van der Waals surface area contributed by atoms with Gasteiger partial charge in [-0.15, -0.1) is 0 Å². The minimum absolute atomic E-state index is 0.0298. The number of pyridine rings is 1. The monoisotopic (exact) mass is 452 g/mol. The van der Waals surface area contributed by atoms with Crippen molar-refractivity contribution in [2.75, 3.05) is 25.6 Å². The summed E-state index contributed by atoms with van der Waals surface area (Å²) in [5.74, 6) is -1.88. The Morgan fingerprint density at radius 3 is 2.47 bits per heavy atom. The van der Waals surface area contributed by atoms with Crippen molar-refractivity contribution in [3.05, 3.63) is 33.9 Å². The van der Waals surface area contributed by atoms with E-state index in [0.717, 1.165) is 18.9 Å². The van der Waals surface area contributed by atoms with Gasteiger partial charge in [-0.2, -0.15) is 0 Å². The standard InChI is InChI=1S/C21H27FN2O6.C2H6/c1-11(25)16(26)5-4-8-23(2)18-15(22)9-13-17(20(18)30-3)24(12-6-7-12)10-14(19(13)27)21(28)29;1-2/h9-12,16,25-26H,4-8H2,1-3H3,(H,28,29);1-2H3. The van der Waals surface area contributed by atoms with Gasteiger partial charge >= 0.3 is 5.97 Å². The average Bonchev–Trinajstić information content (AvgIpc) is 3.59. The molecule has 0 aliphatic heterocycles. The predicted octanol–water partition coefficient (Wildman–Crippen LogP) is 3.17. The first-order valence-corrected chi connectivity index (χ1v) is 10.9. The molecule has 2 atom stereocenters. The molecule has 9 heteroatoms. The fourth-order valence-corrected chi connectivity index (χ4v) is 3.68. The molecule has 0 bridgehead atoms. The van der Waals surface area contributed by atoms with Crippen LogP contribution in [0.3, 0.4) is 0 Å². The number of carboxylic acid groups (broad SMARTS) is 1. The number of hydrogen-bond acceptors (Lipinski definition) is 6. The summed E-state index contributed by atoms with van der Waals surface area (Å²) in [5.41, 5.74) is -0.611. The van der Waals surface area contributed by atoms with E-state index < -0.39 is 35.0 Å². The van der Waals surface area contributed by atoms with Crippen LogP contribution in [0.25, 0.3) is 10.9 Å². The molecule has 3 rings (SSSR count). The molecule has 1 aliphatic rings. The summed E-state index contributed by atoms with van der Waals surface area (Å²) >= 11 is 0. The molecule has 0 amide bonds. The van der Waals surface area contributed by atoms with Gasteiger partial charge in [-0.05, 0) is 38.7 Å². The molecule has 8 nitrogen and oxygen atoms in total. The maximum atomic E-state index is 15.1. The highest BCUT2D eigenvalue weighted by atomic mass is 19.1. The second kappa shape index (κ2) is 10.8. The van der Waals surface area contributed by atoms with Crippen molar-refractivity contribution in [1.82, 2.24) is 4.57 Å². The summed E-state index contributed by atoms with van der Waals surface area (Å²) in [5, 5.41) is 28.5. The van der Waals surface area contributed by atoms with Gasteiger partial charge in [-0.1, -0.05) is 13.8 Å². The van der Waals surface area contributed by atoms with Crippen molar-refractivity contribution in [2.45, 2.75) is 64.7 Å². The Morgan fingerprint density at radius 2 is 1.97 bits per heavy atom. The number of aromatic carboxylic acids is 1. The predicted molar refractivity (Wildman–Crippen MR) is 121 cm³/mol. The number of carboxylic acids is 1. The summed E-state index contributed by atoms with van der Waals surface area (Å²) in [6.07, 6.45) is 2.11. The van der Waals surface area contributed by atoms with Crippen molar-refractivity contribution in [3.8, 4) is 5.75 Å². The summed E-state index contributed by atoms with van der Waals surface area (Å²) in [6.45, 7) is 5.88. The first kappa shape index (κ1) is 25.6. The Morgan fingerprint density at radius 1 is 1.34 bits per heavy atom. The van der Waals surface area contributed by atoms with Gasteiger partial charge in [0.2, 0.25) is 5.43 Å². The summed E-state index contributed by atoms with van der Waals surface area (Å²) < 4.78 is 22.3. The van der Waals surface area contributed by atoms with E-state index in [4.69, 9.17) is 4.74 Å². The van der Waals surface area contributed by atoms with Gasteiger partial charge in [0.1, 0.15) is 11.3 Å². The number of aliphatic hydroxyl groups excluding tert-OH is 2. The molecule has 2 aromatic rings. The number of halogens is 1. The Kier molecular flexibility index (Phi) is 8.63. The smallest absolute Gasteiger partial charge is 0.341 e. The van der Waals surface area contributed by atoms with Gasteiger partial charge in [-0.3, -0.25) is 4.79 Å². The first-order valence-electron chi connectivity index (χ1n) is 10.9. The Hall–Kier alpha value is -2.65. The second-order valence-electron chi connectivity index (χ2n) is 7.82. The molecule has 1 aliphatic carbocycles. The number of nitrogens with zero attached hydrogens (tertiary/aromatic N) is 2. The summed E-state index contributed by atoms with van der Waals surface area (Å²) in [6, 6.07) is 1.10. The minimum atomic E-state index is -1.35. The zero-order chi connectivity index (χ0) is 24.2. The normalized spacial score (nSPS) is 15.0. The molecule has 1 aromatic carbocycles. The lowest BCUT2D eigenvalue weighted by Gasteiger charge is -2.25. The topological polar surface area (TPSA) is 112 Å². The van der Waals surface area contributed by atoms with Gasteiger partial charge < -0.3 is 29.5 Å². The zero-order valence-corrected chi connectivity index (χ0v) is 19.3. The largest absolute Gasteiger partial charge is 0.492 e. The lowest BCUT2D eigenvalue weighted by Crippen LogP contribution is -2.26. The number of methoxy groups -OCH3 is 1. The van der Waals surface area contributed by atoms with Crippen LogP contribution in [0, 0.1) is 5.82 Å². The molecule has 2 unspecified atom stereocenters. The Bertz CT molecular complexity index is 1020. The quantitative estimate of drug-likeness (QED) is 0.536. The molecule has 3 N–H and O–H groups in total. The highest BCUT2D eigenvalue weighted by Crippen LogP contribution is 2.43. The number of hydrogen-bond donors (Lipinski definition) is 3. The SMILES string of the molecule is CC.COc1c(N(C)CCCC(O)C(C)O)c(F)cc2c(=O)c(C(=O)O)cn(C3CC3)c12. The van der Waals surface area contributed by atoms with Crippen molar-refractivity contribution >= 4 is 22.6 Å². The number of fused-ring (bicyclic) bond motifs is 1. The molecular weight excluding hydrogens is 419 g/mol. The van der Waals surface area contributed by atoms with Crippen LogP contribution in [-0.4, -0.2) is 58.8 Å². The van der Waals surface area contributed by atoms with Crippen LogP contribution < -0.4 is 15.1 Å². The van der Waals surface area contributed by atoms with E-state index in [2.05, 4.69) is 0 Å². The third-order valence-electron chi connectivity index (χ3n) is 5.50. The Balaban J connectivity index is 0.00000176. The van der Waals surface area contributed by atoms with Crippen molar-refractivity contribution in [2.24, 2.45) is 0 Å². The van der Waals surface area contributed by atoms with Crippen LogP contribution in [0.1, 0.15) is 62.9 Å². The van der Waals surface area contributed by atoms with Gasteiger partial charge in [0.05, 0.1) is 30.2 Å². The van der Waals surface area contributed by atoms with Crippen molar-refractivity contribution in [3.63, 3.8) is 0 Å². The van der Waals surface area contributed by atoms with Gasteiger partial charge in [0.15, 0.2) is 11.6 Å². The van der Waals surface area contributed by atoms with E-state index in [1.165, 1.54) is 20.2 Å². The lowest BCUT2D eigenvalue weighted by molar-refractivity contribution is 0.0254. The maximum Gasteiger partial charge on any atom is 0.341 e. The lowest BCUT2D eigenvalue weighted by atomic mass is 10.1. The maximum absolute atomic E-state index is 15.1. The highest BCUT2D eigenvalue weighted by Gasteiger charge is 2.30. The molecule has 0 spiro atoms. The minimum Gasteiger partial charge on any atom is -0.492 e. The molecular formula is C23H33FN2O6. The van der Waals surface area contributed by atoms with Crippen LogP contribution in [0.15, 0.2) is 17.1 Å². The van der Waals surface area contributed by atoms with Crippen molar-refractivity contribution < 1.29 is 29.2 Å². The molecule has 1 fully saturated rings. The molecule has 178 valence electrons. The van der Waals surface area contributed by atoms with E-state index in [9.17, 15) is 24.9 Å². The van der Waals surface area contributed by atoms with Crippen molar-refractivity contribution in [1.29, 1.82) is 0 Å². The number of carbonyl (C=O) groups is 1. The molecule has 1 heterocycles. The average molecular weight is 453 g/mol. The second-order valence-corrected chi connectivity index (χ2v) is 7.82. The third kappa shape index (κ3) is 5.21. The molecule has 1 aromatic heterocycles. The van der Waals surface area contributed by atoms with Crippen LogP contribution in [-0.2, 0) is 0 Å². The van der Waals surface area contributed by atoms with Gasteiger partial charge in [0.25, 0.3) is 0 Å². The van der Waals surface area contributed by atoms with Crippen LogP contribution in [0.2, 0.25) is 0 Å². The van der Waals surface area contributed by atoms with Crippen LogP contribution in [0.5, 0.6) is 5.75 Å². The highest BCUT2D eigenvalue weighted by molar-refractivity contribution is 5.97. The third-order valence-corrected chi connectivity index (χ3v) is 5.50. The zero-order valence-electron chi connectivity index (χ0n) is 19.3. The summed E-state index contributed by atoms with van der Waals surface area (Å²) in [4.78, 5) is 25.8. The molecule has 32 heavy (non-hydrogen) atoms. The van der Waals surface area contributed by atoms with E-state index in [-0.39, 0.29) is 22.9 Å². The first-order chi connectivity index (χ1) is 15.2. The van der Waals surface area contributed by atoms with Gasteiger partial charge in [0, 0.05) is 25.8 Å². The fourth-order valence-electron chi connectivity index (χ4n) is 3.68. The molecule has 0 radical (unpaired) electrons. The number of aromatic nitrogens is 1. The van der Waals surface area contributed by atoms with Gasteiger partial charge in [-0.25, -0.2) is 9.18 Å². The number of anilines is 1. The molecule has 0 saturated heterocycles. The number of ether oxygens (including phenoxy) is 1. The van der Waals surface area contributed by atoms with E-state index in [0.29, 0.717) is 24.9 Å².